The molecule has 3 rings (SSSR count). The molecule has 0 spiro atoms. The minimum absolute atomic E-state index is 0.298. The molecule has 104 valence electrons. The lowest BCUT2D eigenvalue weighted by Gasteiger charge is -2.43. The Labute approximate surface area is 115 Å². The highest BCUT2D eigenvalue weighted by molar-refractivity contribution is 5.56. The molecule has 0 saturated carbocycles. The van der Waals surface area contributed by atoms with Gasteiger partial charge in [-0.05, 0) is 30.9 Å². The lowest BCUT2D eigenvalue weighted by molar-refractivity contribution is 0.0137. The molecule has 1 fully saturated rings. The highest BCUT2D eigenvalue weighted by Gasteiger charge is 2.30. The molecule has 2 heterocycles. The standard InChI is InChI=1S/C16H24N2O/c1-12-9-14-5-3-4-6-15(14)18(11-12)13(2)16-10-17-7-8-19-16/h3-6,12-13,16-17H,7-11H2,1-2H3. The monoisotopic (exact) mass is 260 g/mol. The zero-order valence-corrected chi connectivity index (χ0v) is 11.9. The van der Waals surface area contributed by atoms with Gasteiger partial charge in [0, 0.05) is 25.3 Å². The van der Waals surface area contributed by atoms with Crippen LogP contribution in [0, 0.1) is 5.92 Å². The number of ether oxygens (including phenoxy) is 1. The van der Waals surface area contributed by atoms with E-state index in [0.29, 0.717) is 18.1 Å². The average Bonchev–Trinajstić information content (AvgIpc) is 2.46. The average molecular weight is 260 g/mol. The highest BCUT2D eigenvalue weighted by atomic mass is 16.5. The second-order valence-electron chi connectivity index (χ2n) is 5.94. The van der Waals surface area contributed by atoms with Crippen LogP contribution in [-0.4, -0.2) is 38.4 Å². The SMILES string of the molecule is CC1Cc2ccccc2N(C(C)C2CNCCO2)C1. The molecule has 3 heteroatoms. The van der Waals surface area contributed by atoms with Crippen molar-refractivity contribution in [1.82, 2.24) is 5.32 Å². The maximum Gasteiger partial charge on any atom is 0.0900 e. The topological polar surface area (TPSA) is 24.5 Å². The molecule has 0 radical (unpaired) electrons. The van der Waals surface area contributed by atoms with Crippen LogP contribution < -0.4 is 10.2 Å². The van der Waals surface area contributed by atoms with Crippen LogP contribution in [0.1, 0.15) is 19.4 Å². The number of nitrogens with one attached hydrogen (secondary N) is 1. The van der Waals surface area contributed by atoms with Gasteiger partial charge in [-0.25, -0.2) is 0 Å². The Kier molecular flexibility index (Phi) is 3.76. The fraction of sp³-hybridized carbons (Fsp3) is 0.625. The molecule has 3 nitrogen and oxygen atoms in total. The molecule has 1 aromatic rings. The summed E-state index contributed by atoms with van der Waals surface area (Å²) in [5.74, 6) is 0.717. The number of hydrogen-bond donors (Lipinski definition) is 1. The Morgan fingerprint density at radius 3 is 3.00 bits per heavy atom. The number of para-hydroxylation sites is 1. The minimum Gasteiger partial charge on any atom is -0.373 e. The summed E-state index contributed by atoms with van der Waals surface area (Å²) in [4.78, 5) is 2.54. The largest absolute Gasteiger partial charge is 0.373 e. The summed E-state index contributed by atoms with van der Waals surface area (Å²) in [5, 5.41) is 3.44. The first-order chi connectivity index (χ1) is 9.25. The summed E-state index contributed by atoms with van der Waals surface area (Å²) < 4.78 is 5.94. The molecule has 3 unspecified atom stereocenters. The van der Waals surface area contributed by atoms with Crippen LogP contribution in [-0.2, 0) is 11.2 Å². The summed E-state index contributed by atoms with van der Waals surface area (Å²) in [6.07, 6.45) is 1.50. The van der Waals surface area contributed by atoms with Crippen LogP contribution in [0.2, 0.25) is 0 Å². The molecule has 3 atom stereocenters. The van der Waals surface area contributed by atoms with Gasteiger partial charge in [-0.3, -0.25) is 0 Å². The lowest BCUT2D eigenvalue weighted by atomic mass is 9.92. The lowest BCUT2D eigenvalue weighted by Crippen LogP contribution is -2.53. The zero-order valence-electron chi connectivity index (χ0n) is 11.9. The van der Waals surface area contributed by atoms with Crippen molar-refractivity contribution in [3.63, 3.8) is 0 Å². The highest BCUT2D eigenvalue weighted by Crippen LogP contribution is 2.32. The number of rotatable bonds is 2. The first-order valence-electron chi connectivity index (χ1n) is 7.42. The third-order valence-corrected chi connectivity index (χ3v) is 4.36. The third-order valence-electron chi connectivity index (χ3n) is 4.36. The van der Waals surface area contributed by atoms with E-state index in [2.05, 4.69) is 48.3 Å². The fourth-order valence-electron chi connectivity index (χ4n) is 3.32. The van der Waals surface area contributed by atoms with E-state index in [4.69, 9.17) is 4.74 Å². The Balaban J connectivity index is 1.83. The van der Waals surface area contributed by atoms with Gasteiger partial charge >= 0.3 is 0 Å². The first kappa shape index (κ1) is 12.9. The Morgan fingerprint density at radius 1 is 1.37 bits per heavy atom. The molecule has 0 aromatic heterocycles. The predicted molar refractivity (Wildman–Crippen MR) is 78.7 cm³/mol. The van der Waals surface area contributed by atoms with Gasteiger partial charge in [0.1, 0.15) is 0 Å². The van der Waals surface area contributed by atoms with Crippen molar-refractivity contribution in [2.45, 2.75) is 32.4 Å². The second kappa shape index (κ2) is 5.51. The number of anilines is 1. The molecule has 0 aliphatic carbocycles. The van der Waals surface area contributed by atoms with Gasteiger partial charge < -0.3 is 15.0 Å². The number of benzene rings is 1. The summed E-state index contributed by atoms with van der Waals surface area (Å²) in [6, 6.07) is 9.25. The Morgan fingerprint density at radius 2 is 2.21 bits per heavy atom. The summed E-state index contributed by atoms with van der Waals surface area (Å²) in [6.45, 7) is 8.56. The molecule has 1 aromatic carbocycles. The normalized spacial score (nSPS) is 28.8. The van der Waals surface area contributed by atoms with E-state index in [9.17, 15) is 0 Å². The van der Waals surface area contributed by atoms with Gasteiger partial charge in [0.05, 0.1) is 18.8 Å². The maximum atomic E-state index is 5.94. The summed E-state index contributed by atoms with van der Waals surface area (Å²) in [7, 11) is 0. The minimum atomic E-state index is 0.298. The molecule has 1 saturated heterocycles. The third kappa shape index (κ3) is 2.63. The first-order valence-corrected chi connectivity index (χ1v) is 7.42. The summed E-state index contributed by atoms with van der Waals surface area (Å²) >= 11 is 0. The van der Waals surface area contributed by atoms with E-state index in [1.54, 1.807) is 0 Å². The van der Waals surface area contributed by atoms with Crippen LogP contribution in [0.3, 0.4) is 0 Å². The Hall–Kier alpha value is -1.06. The number of hydrogen-bond acceptors (Lipinski definition) is 3. The molecule has 2 aliphatic heterocycles. The molecule has 0 amide bonds. The van der Waals surface area contributed by atoms with Gasteiger partial charge in [0.25, 0.3) is 0 Å². The van der Waals surface area contributed by atoms with Gasteiger partial charge in [0.15, 0.2) is 0 Å². The summed E-state index contributed by atoms with van der Waals surface area (Å²) in [5.41, 5.74) is 2.89. The van der Waals surface area contributed by atoms with Crippen LogP contribution in [0.4, 0.5) is 5.69 Å². The van der Waals surface area contributed by atoms with Crippen LogP contribution >= 0.6 is 0 Å². The van der Waals surface area contributed by atoms with E-state index in [1.807, 2.05) is 0 Å². The predicted octanol–water partition coefficient (Wildman–Crippen LogP) is 2.06. The van der Waals surface area contributed by atoms with Crippen molar-refractivity contribution >= 4 is 5.69 Å². The van der Waals surface area contributed by atoms with Crippen LogP contribution in [0.15, 0.2) is 24.3 Å². The molecule has 0 bridgehead atoms. The van der Waals surface area contributed by atoms with E-state index < -0.39 is 0 Å². The molecular weight excluding hydrogens is 236 g/mol. The van der Waals surface area contributed by atoms with Crippen molar-refractivity contribution in [1.29, 1.82) is 0 Å². The smallest absolute Gasteiger partial charge is 0.0900 e. The maximum absolute atomic E-state index is 5.94. The number of morpholine rings is 1. The van der Waals surface area contributed by atoms with Crippen LogP contribution in [0.5, 0.6) is 0 Å². The second-order valence-corrected chi connectivity index (χ2v) is 5.94. The van der Waals surface area contributed by atoms with E-state index >= 15 is 0 Å². The van der Waals surface area contributed by atoms with Crippen molar-refractivity contribution in [3.05, 3.63) is 29.8 Å². The van der Waals surface area contributed by atoms with Gasteiger partial charge in [-0.15, -0.1) is 0 Å². The van der Waals surface area contributed by atoms with Gasteiger partial charge in [-0.2, -0.15) is 0 Å². The Bertz CT molecular complexity index is 429. The van der Waals surface area contributed by atoms with E-state index in [1.165, 1.54) is 17.7 Å². The zero-order chi connectivity index (χ0) is 13.2. The van der Waals surface area contributed by atoms with Crippen molar-refractivity contribution in [2.75, 3.05) is 31.1 Å². The van der Waals surface area contributed by atoms with Crippen molar-refractivity contribution in [2.24, 2.45) is 5.92 Å². The van der Waals surface area contributed by atoms with Gasteiger partial charge in [-0.1, -0.05) is 25.1 Å². The molecular formula is C16H24N2O. The molecule has 2 aliphatic rings. The molecule has 19 heavy (non-hydrogen) atoms. The quantitative estimate of drug-likeness (QED) is 0.881. The van der Waals surface area contributed by atoms with Crippen LogP contribution in [0.25, 0.3) is 0 Å². The van der Waals surface area contributed by atoms with Crippen molar-refractivity contribution < 1.29 is 4.74 Å². The van der Waals surface area contributed by atoms with Crippen molar-refractivity contribution in [3.8, 4) is 0 Å². The van der Waals surface area contributed by atoms with E-state index in [0.717, 1.165) is 26.2 Å². The number of nitrogens with zero attached hydrogens (tertiary/aromatic N) is 1. The van der Waals surface area contributed by atoms with Gasteiger partial charge in [0.2, 0.25) is 0 Å². The molecule has 1 N–H and O–H groups in total. The number of fused-ring (bicyclic) bond motifs is 1. The fourth-order valence-corrected chi connectivity index (χ4v) is 3.32. The van der Waals surface area contributed by atoms with E-state index in [-0.39, 0.29) is 0 Å².